The molecule has 2 amide bonds. The Bertz CT molecular complexity index is 914. The van der Waals surface area contributed by atoms with Crippen molar-refractivity contribution in [2.24, 2.45) is 5.73 Å². The first-order valence-corrected chi connectivity index (χ1v) is 9.41. The number of hydrogen-bond acceptors (Lipinski definition) is 6. The number of primary amides is 1. The van der Waals surface area contributed by atoms with Crippen LogP contribution >= 0.6 is 11.8 Å². The molecular weight excluding hydrogens is 366 g/mol. The second-order valence-corrected chi connectivity index (χ2v) is 7.21. The lowest BCUT2D eigenvalue weighted by Crippen LogP contribution is -2.25. The van der Waals surface area contributed by atoms with Crippen molar-refractivity contribution < 1.29 is 19.1 Å². The monoisotopic (exact) mass is 387 g/mol. The van der Waals surface area contributed by atoms with E-state index in [-0.39, 0.29) is 18.5 Å². The van der Waals surface area contributed by atoms with Gasteiger partial charge in [-0.15, -0.1) is 0 Å². The van der Waals surface area contributed by atoms with Gasteiger partial charge in [0.25, 0.3) is 5.91 Å². The van der Waals surface area contributed by atoms with E-state index in [1.165, 1.54) is 11.8 Å². The summed E-state index contributed by atoms with van der Waals surface area (Å²) >= 11 is 1.21. The molecule has 2 heterocycles. The zero-order valence-electron chi connectivity index (χ0n) is 15.4. The molecule has 1 aromatic carbocycles. The fourth-order valence-electron chi connectivity index (χ4n) is 2.74. The van der Waals surface area contributed by atoms with Crippen LogP contribution in [-0.4, -0.2) is 29.3 Å². The Balaban J connectivity index is 1.62. The summed E-state index contributed by atoms with van der Waals surface area (Å²) in [5.41, 5.74) is 9.35. The van der Waals surface area contributed by atoms with Crippen molar-refractivity contribution in [1.82, 2.24) is 10.3 Å². The first-order chi connectivity index (χ1) is 12.9. The van der Waals surface area contributed by atoms with Gasteiger partial charge in [-0.1, -0.05) is 17.8 Å². The maximum atomic E-state index is 12.2. The average Bonchev–Trinajstić information content (AvgIpc) is 3.10. The van der Waals surface area contributed by atoms with Gasteiger partial charge in [-0.3, -0.25) is 9.59 Å². The maximum Gasteiger partial charge on any atom is 0.251 e. The van der Waals surface area contributed by atoms with Crippen molar-refractivity contribution >= 4 is 23.6 Å². The number of nitrogens with two attached hydrogens (primary N) is 1. The summed E-state index contributed by atoms with van der Waals surface area (Å²) in [6, 6.07) is 5.54. The number of rotatable bonds is 6. The predicted octanol–water partition coefficient (Wildman–Crippen LogP) is 2.24. The summed E-state index contributed by atoms with van der Waals surface area (Å²) < 4.78 is 10.6. The highest BCUT2D eigenvalue weighted by molar-refractivity contribution is 8.00. The number of nitrogens with one attached hydrogen (secondary N) is 1. The number of benzene rings is 1. The lowest BCUT2D eigenvalue weighted by Gasteiger charge is -2.13. The Morgan fingerprint density at radius 3 is 2.67 bits per heavy atom. The first-order valence-electron chi connectivity index (χ1n) is 8.42. The molecule has 0 unspecified atom stereocenters. The molecule has 1 aromatic heterocycles. The molecule has 2 aromatic rings. The molecular formula is C19H21N3O4S. The van der Waals surface area contributed by atoms with Gasteiger partial charge in [0.2, 0.25) is 12.7 Å². The number of fused-ring (bicyclic) bond motifs is 1. The van der Waals surface area contributed by atoms with Gasteiger partial charge in [0.1, 0.15) is 5.03 Å². The Kier molecular flexibility index (Phi) is 5.55. The van der Waals surface area contributed by atoms with Crippen molar-refractivity contribution in [3.8, 4) is 11.5 Å². The van der Waals surface area contributed by atoms with Gasteiger partial charge in [0.05, 0.1) is 11.3 Å². The van der Waals surface area contributed by atoms with Gasteiger partial charge in [-0.2, -0.15) is 0 Å². The molecule has 0 saturated carbocycles. The molecule has 8 heteroatoms. The van der Waals surface area contributed by atoms with Gasteiger partial charge < -0.3 is 20.5 Å². The molecule has 0 fully saturated rings. The Labute approximate surface area is 161 Å². The number of carbonyl (C=O) groups excluding carboxylic acids is 2. The standard InChI is InChI=1S/C19H21N3O4S/c1-10-11(2)17(18(20)24)19(22-12(10)3)27-8-16(23)21-7-13-4-5-14-15(6-13)26-9-25-14/h4-6H,7-9H2,1-3H3,(H2,20,24)(H,21,23). The first kappa shape index (κ1) is 19.0. The molecule has 1 aliphatic rings. The van der Waals surface area contributed by atoms with Gasteiger partial charge in [0, 0.05) is 12.2 Å². The molecule has 0 spiro atoms. The Morgan fingerprint density at radius 2 is 1.93 bits per heavy atom. The minimum absolute atomic E-state index is 0.139. The quantitative estimate of drug-likeness (QED) is 0.737. The van der Waals surface area contributed by atoms with Gasteiger partial charge in [-0.25, -0.2) is 4.98 Å². The van der Waals surface area contributed by atoms with Gasteiger partial charge in [0.15, 0.2) is 11.5 Å². The third-order valence-electron chi connectivity index (χ3n) is 4.48. The summed E-state index contributed by atoms with van der Waals surface area (Å²) in [5, 5.41) is 3.34. The van der Waals surface area contributed by atoms with Crippen LogP contribution in [0.5, 0.6) is 11.5 Å². The summed E-state index contributed by atoms with van der Waals surface area (Å²) in [6.45, 7) is 6.20. The van der Waals surface area contributed by atoms with E-state index in [0.29, 0.717) is 28.6 Å². The second kappa shape index (κ2) is 7.87. The van der Waals surface area contributed by atoms with Crippen LogP contribution in [0.15, 0.2) is 23.2 Å². The Morgan fingerprint density at radius 1 is 1.19 bits per heavy atom. The third-order valence-corrected chi connectivity index (χ3v) is 5.45. The predicted molar refractivity (Wildman–Crippen MR) is 102 cm³/mol. The normalized spacial score (nSPS) is 12.1. The zero-order valence-corrected chi connectivity index (χ0v) is 16.2. The number of aromatic nitrogens is 1. The summed E-state index contributed by atoms with van der Waals surface area (Å²) in [7, 11) is 0. The van der Waals surface area contributed by atoms with E-state index in [1.807, 2.05) is 39.0 Å². The van der Waals surface area contributed by atoms with Crippen molar-refractivity contribution in [3.05, 3.63) is 46.1 Å². The molecule has 0 bridgehead atoms. The average molecular weight is 387 g/mol. The summed E-state index contributed by atoms with van der Waals surface area (Å²) in [6.07, 6.45) is 0. The molecule has 0 saturated heterocycles. The Hall–Kier alpha value is -2.74. The van der Waals surface area contributed by atoms with Crippen molar-refractivity contribution in [2.75, 3.05) is 12.5 Å². The van der Waals surface area contributed by atoms with Crippen LogP contribution in [0.25, 0.3) is 0 Å². The van der Waals surface area contributed by atoms with E-state index in [4.69, 9.17) is 15.2 Å². The van der Waals surface area contributed by atoms with Crippen LogP contribution in [-0.2, 0) is 11.3 Å². The van der Waals surface area contributed by atoms with E-state index >= 15 is 0 Å². The number of carbonyl (C=O) groups is 2. The van der Waals surface area contributed by atoms with Crippen LogP contribution < -0.4 is 20.5 Å². The van der Waals surface area contributed by atoms with E-state index < -0.39 is 5.91 Å². The highest BCUT2D eigenvalue weighted by Gasteiger charge is 2.18. The minimum atomic E-state index is -0.536. The third kappa shape index (κ3) is 4.16. The number of thioether (sulfide) groups is 1. The van der Waals surface area contributed by atoms with Gasteiger partial charge >= 0.3 is 0 Å². The van der Waals surface area contributed by atoms with Gasteiger partial charge in [-0.05, 0) is 49.6 Å². The van der Waals surface area contributed by atoms with Crippen LogP contribution in [0.2, 0.25) is 0 Å². The van der Waals surface area contributed by atoms with E-state index in [1.54, 1.807) is 0 Å². The number of amides is 2. The topological polar surface area (TPSA) is 104 Å². The molecule has 27 heavy (non-hydrogen) atoms. The van der Waals surface area contributed by atoms with E-state index in [2.05, 4.69) is 10.3 Å². The smallest absolute Gasteiger partial charge is 0.251 e. The number of nitrogens with zero attached hydrogens (tertiary/aromatic N) is 1. The van der Waals surface area contributed by atoms with E-state index in [0.717, 1.165) is 22.4 Å². The lowest BCUT2D eigenvalue weighted by molar-refractivity contribution is -0.118. The molecule has 0 aliphatic carbocycles. The highest BCUT2D eigenvalue weighted by atomic mass is 32.2. The zero-order chi connectivity index (χ0) is 19.6. The fraction of sp³-hybridized carbons (Fsp3) is 0.316. The number of ether oxygens (including phenoxy) is 2. The minimum Gasteiger partial charge on any atom is -0.454 e. The van der Waals surface area contributed by atoms with E-state index in [9.17, 15) is 9.59 Å². The highest BCUT2D eigenvalue weighted by Crippen LogP contribution is 2.32. The van der Waals surface area contributed by atoms with Crippen molar-refractivity contribution in [2.45, 2.75) is 32.3 Å². The molecule has 142 valence electrons. The van der Waals surface area contributed by atoms with Crippen LogP contribution in [0.3, 0.4) is 0 Å². The molecule has 3 N–H and O–H groups in total. The molecule has 0 atom stereocenters. The van der Waals surface area contributed by atoms with Crippen molar-refractivity contribution in [1.29, 1.82) is 0 Å². The number of pyridine rings is 1. The largest absolute Gasteiger partial charge is 0.454 e. The second-order valence-electron chi connectivity index (χ2n) is 6.24. The maximum absolute atomic E-state index is 12.2. The van der Waals surface area contributed by atoms with Crippen LogP contribution in [0, 0.1) is 20.8 Å². The van der Waals surface area contributed by atoms with Crippen LogP contribution in [0.1, 0.15) is 32.7 Å². The number of aryl methyl sites for hydroxylation is 1. The molecule has 3 rings (SSSR count). The fourth-order valence-corrected chi connectivity index (χ4v) is 3.71. The number of hydrogen-bond donors (Lipinski definition) is 2. The lowest BCUT2D eigenvalue weighted by atomic mass is 10.0. The molecule has 1 aliphatic heterocycles. The molecule has 7 nitrogen and oxygen atoms in total. The molecule has 0 radical (unpaired) electrons. The van der Waals surface area contributed by atoms with Crippen LogP contribution in [0.4, 0.5) is 0 Å². The summed E-state index contributed by atoms with van der Waals surface area (Å²) in [4.78, 5) is 28.4. The summed E-state index contributed by atoms with van der Waals surface area (Å²) in [5.74, 6) is 0.824. The van der Waals surface area contributed by atoms with Crippen molar-refractivity contribution in [3.63, 3.8) is 0 Å². The SMILES string of the molecule is Cc1nc(SCC(=O)NCc2ccc3c(c2)OCO3)c(C(N)=O)c(C)c1C.